The van der Waals surface area contributed by atoms with Crippen molar-refractivity contribution in [3.8, 4) is 11.5 Å². The van der Waals surface area contributed by atoms with Gasteiger partial charge in [-0.25, -0.2) is 0 Å². The lowest BCUT2D eigenvalue weighted by atomic mass is 10.2. The third kappa shape index (κ3) is 6.63. The second-order valence-electron chi connectivity index (χ2n) is 6.76. The fourth-order valence-electron chi connectivity index (χ4n) is 2.86. The Morgan fingerprint density at radius 3 is 2.44 bits per heavy atom. The molecule has 0 atom stereocenters. The molecule has 3 rings (SSSR count). The molecule has 0 aromatic heterocycles. The average molecular weight is 641 g/mol. The summed E-state index contributed by atoms with van der Waals surface area (Å²) < 4.78 is 13.5. The molecule has 0 aliphatic heterocycles. The van der Waals surface area contributed by atoms with Gasteiger partial charge in [0.25, 0.3) is 5.69 Å². The second kappa shape index (κ2) is 11.7. The highest BCUT2D eigenvalue weighted by molar-refractivity contribution is 14.1. The van der Waals surface area contributed by atoms with Crippen molar-refractivity contribution in [1.82, 2.24) is 0 Å². The number of nitrogens with one attached hydrogen (secondary N) is 1. The molecule has 0 aliphatic rings. The van der Waals surface area contributed by atoms with Crippen molar-refractivity contribution < 1.29 is 19.3 Å². The van der Waals surface area contributed by atoms with Crippen molar-refractivity contribution >= 4 is 61.8 Å². The van der Waals surface area contributed by atoms with Crippen LogP contribution in [0.3, 0.4) is 0 Å². The Morgan fingerprint density at radius 1 is 1.06 bits per heavy atom. The first-order chi connectivity index (χ1) is 16.3. The van der Waals surface area contributed by atoms with Gasteiger partial charge in [-0.2, -0.15) is 5.10 Å². The Morgan fingerprint density at radius 2 is 1.79 bits per heavy atom. The fourth-order valence-corrected chi connectivity index (χ4v) is 3.90. The van der Waals surface area contributed by atoms with Gasteiger partial charge in [-0.05, 0) is 71.0 Å². The van der Waals surface area contributed by atoms with Crippen molar-refractivity contribution in [3.63, 3.8) is 0 Å². The van der Waals surface area contributed by atoms with Gasteiger partial charge in [0.1, 0.15) is 12.3 Å². The molecule has 0 radical (unpaired) electrons. The van der Waals surface area contributed by atoms with Crippen LogP contribution in [0.2, 0.25) is 0 Å². The minimum absolute atomic E-state index is 0.0287. The Hall–Kier alpha value is -3.26. The number of halogens is 2. The van der Waals surface area contributed by atoms with Gasteiger partial charge < -0.3 is 9.47 Å². The molecule has 1 N–H and O–H groups in total. The molecule has 0 amide bonds. The van der Waals surface area contributed by atoms with E-state index >= 15 is 0 Å². The molecule has 0 fully saturated rings. The topological polar surface area (TPSA) is 129 Å². The zero-order chi connectivity index (χ0) is 24.7. The van der Waals surface area contributed by atoms with Crippen LogP contribution in [0.4, 0.5) is 17.1 Å². The lowest BCUT2D eigenvalue weighted by Gasteiger charge is -2.15. The summed E-state index contributed by atoms with van der Waals surface area (Å²) in [5.74, 6) is 1.13. The largest absolute Gasteiger partial charge is 0.490 e. The summed E-state index contributed by atoms with van der Waals surface area (Å²) in [5, 5.41) is 26.2. The molecule has 0 spiro atoms. The van der Waals surface area contributed by atoms with Gasteiger partial charge in [0.2, 0.25) is 0 Å². The van der Waals surface area contributed by atoms with Crippen molar-refractivity contribution in [2.45, 2.75) is 13.5 Å². The van der Waals surface area contributed by atoms with Crippen molar-refractivity contribution in [2.24, 2.45) is 5.10 Å². The van der Waals surface area contributed by atoms with Crippen LogP contribution in [0.25, 0.3) is 0 Å². The van der Waals surface area contributed by atoms with Crippen molar-refractivity contribution in [2.75, 3.05) is 12.0 Å². The number of nitro benzene ring substituents is 2. The Bertz CT molecular complexity index is 1240. The third-order valence-corrected chi connectivity index (χ3v) is 5.75. The van der Waals surface area contributed by atoms with E-state index in [1.807, 2.05) is 37.3 Å². The van der Waals surface area contributed by atoms with E-state index in [9.17, 15) is 20.2 Å². The minimum Gasteiger partial charge on any atom is -0.490 e. The van der Waals surface area contributed by atoms with Gasteiger partial charge in [0.15, 0.2) is 11.5 Å². The summed E-state index contributed by atoms with van der Waals surface area (Å²) in [6.45, 7) is 2.65. The molecule has 3 aromatic carbocycles. The first-order valence-electron chi connectivity index (χ1n) is 9.84. The summed E-state index contributed by atoms with van der Waals surface area (Å²) in [7, 11) is 0. The van der Waals surface area contributed by atoms with Gasteiger partial charge in [0.05, 0.1) is 32.3 Å². The molecular formula is C22H18BrIN4O6. The number of non-ortho nitro benzene ring substituents is 1. The molecule has 3 aromatic rings. The highest BCUT2D eigenvalue weighted by Gasteiger charge is 2.19. The van der Waals surface area contributed by atoms with E-state index in [-0.39, 0.29) is 11.4 Å². The highest BCUT2D eigenvalue weighted by atomic mass is 127. The maximum Gasteiger partial charge on any atom is 0.301 e. The van der Waals surface area contributed by atoms with E-state index in [2.05, 4.69) is 49.0 Å². The van der Waals surface area contributed by atoms with Gasteiger partial charge in [-0.15, -0.1) is 0 Å². The van der Waals surface area contributed by atoms with E-state index < -0.39 is 15.5 Å². The standard InChI is InChI=1S/C22H18BrIN4O6/c1-2-33-21-10-15(9-18(24)22(21)34-13-14-3-5-16(23)6-4-14)12-25-26-19-8-7-17(27(29)30)11-20(19)28(31)32/h3-12,26H,2,13H2,1H3/b25-12+. The summed E-state index contributed by atoms with van der Waals surface area (Å²) in [6.07, 6.45) is 1.47. The highest BCUT2D eigenvalue weighted by Crippen LogP contribution is 2.35. The number of nitrogens with zero attached hydrogens (tertiary/aromatic N) is 3. The quantitative estimate of drug-likeness (QED) is 0.119. The predicted molar refractivity (Wildman–Crippen MR) is 140 cm³/mol. The average Bonchev–Trinajstić information content (AvgIpc) is 2.80. The van der Waals surface area contributed by atoms with Crippen LogP contribution in [-0.2, 0) is 6.61 Å². The van der Waals surface area contributed by atoms with Crippen LogP contribution in [0.1, 0.15) is 18.1 Å². The minimum atomic E-state index is -0.710. The van der Waals surface area contributed by atoms with E-state index in [0.29, 0.717) is 30.3 Å². The van der Waals surface area contributed by atoms with E-state index in [0.717, 1.165) is 19.7 Å². The normalized spacial score (nSPS) is 10.8. The number of nitro groups is 2. The van der Waals surface area contributed by atoms with Crippen molar-refractivity contribution in [3.05, 3.63) is 94.0 Å². The first-order valence-corrected chi connectivity index (χ1v) is 11.7. The molecule has 34 heavy (non-hydrogen) atoms. The van der Waals surface area contributed by atoms with Crippen LogP contribution >= 0.6 is 38.5 Å². The van der Waals surface area contributed by atoms with E-state index in [4.69, 9.17) is 9.47 Å². The predicted octanol–water partition coefficient (Wildman–Crippen LogP) is 6.29. The summed E-state index contributed by atoms with van der Waals surface area (Å²) in [4.78, 5) is 20.7. The maximum absolute atomic E-state index is 11.3. The zero-order valence-electron chi connectivity index (χ0n) is 17.7. The fraction of sp³-hybridized carbons (Fsp3) is 0.136. The Labute approximate surface area is 216 Å². The number of ether oxygens (including phenoxy) is 2. The van der Waals surface area contributed by atoms with Crippen LogP contribution in [-0.4, -0.2) is 22.7 Å². The SMILES string of the molecule is CCOc1cc(/C=N/Nc2ccc([N+](=O)[O-])cc2[N+](=O)[O-])cc(I)c1OCc1ccc(Br)cc1. The molecule has 0 heterocycles. The Balaban J connectivity index is 1.79. The number of benzene rings is 3. The molecule has 12 heteroatoms. The molecule has 0 saturated heterocycles. The van der Waals surface area contributed by atoms with Crippen LogP contribution in [0, 0.1) is 23.8 Å². The van der Waals surface area contributed by atoms with Crippen molar-refractivity contribution in [1.29, 1.82) is 0 Å². The monoisotopic (exact) mass is 640 g/mol. The number of rotatable bonds is 10. The van der Waals surface area contributed by atoms with E-state index in [1.54, 1.807) is 6.07 Å². The number of hydrogen-bond acceptors (Lipinski definition) is 8. The molecule has 0 bridgehead atoms. The van der Waals surface area contributed by atoms with Gasteiger partial charge >= 0.3 is 5.69 Å². The third-order valence-electron chi connectivity index (χ3n) is 4.42. The zero-order valence-corrected chi connectivity index (χ0v) is 21.5. The second-order valence-corrected chi connectivity index (χ2v) is 8.84. The van der Waals surface area contributed by atoms with Crippen LogP contribution < -0.4 is 14.9 Å². The van der Waals surface area contributed by atoms with Gasteiger partial charge in [-0.3, -0.25) is 25.7 Å². The maximum atomic E-state index is 11.3. The molecule has 0 unspecified atom stereocenters. The number of hydrogen-bond donors (Lipinski definition) is 1. The lowest BCUT2D eigenvalue weighted by molar-refractivity contribution is -0.393. The number of hydrazone groups is 1. The summed E-state index contributed by atoms with van der Waals surface area (Å²) >= 11 is 5.55. The summed E-state index contributed by atoms with van der Waals surface area (Å²) in [6, 6.07) is 14.7. The Kier molecular flexibility index (Phi) is 8.76. The van der Waals surface area contributed by atoms with Gasteiger partial charge in [-0.1, -0.05) is 28.1 Å². The molecule has 176 valence electrons. The van der Waals surface area contributed by atoms with Gasteiger partial charge in [0, 0.05) is 10.5 Å². The molecular weight excluding hydrogens is 623 g/mol. The van der Waals surface area contributed by atoms with Crippen LogP contribution in [0.5, 0.6) is 11.5 Å². The van der Waals surface area contributed by atoms with Crippen LogP contribution in [0.15, 0.2) is 64.2 Å². The molecule has 10 nitrogen and oxygen atoms in total. The summed E-state index contributed by atoms with van der Waals surface area (Å²) in [5.41, 5.74) is 3.44. The first kappa shape index (κ1) is 25.4. The smallest absolute Gasteiger partial charge is 0.301 e. The number of anilines is 1. The molecule has 0 saturated carbocycles. The molecule has 0 aliphatic carbocycles. The van der Waals surface area contributed by atoms with E-state index in [1.165, 1.54) is 18.3 Å². The lowest BCUT2D eigenvalue weighted by Crippen LogP contribution is -2.03.